The molecule has 0 unspecified atom stereocenters. The molecular weight excluding hydrogens is 493 g/mol. The Morgan fingerprint density at radius 2 is 1.89 bits per heavy atom. The monoisotopic (exact) mass is 512 g/mol. The Morgan fingerprint density at radius 3 is 2.60 bits per heavy atom. The van der Waals surface area contributed by atoms with E-state index in [0.29, 0.717) is 11.3 Å². The third-order valence-electron chi connectivity index (χ3n) is 5.42. The summed E-state index contributed by atoms with van der Waals surface area (Å²) in [7, 11) is 0. The molecule has 2 heterocycles. The van der Waals surface area contributed by atoms with E-state index in [4.69, 9.17) is 21.1 Å². The SMILES string of the molecule is C=C(CCNC(=O)COc1ccc(Cl)c(F)c1)NC(=O)[C@]1(C)COc2cc3c(cc21)OC(F)(F)O3. The highest BCUT2D eigenvalue weighted by atomic mass is 35.5. The first-order valence-electron chi connectivity index (χ1n) is 10.4. The van der Waals surface area contributed by atoms with E-state index < -0.39 is 29.3 Å². The van der Waals surface area contributed by atoms with Gasteiger partial charge in [-0.25, -0.2) is 4.39 Å². The molecule has 2 aromatic rings. The number of hydrogen-bond donors (Lipinski definition) is 2. The van der Waals surface area contributed by atoms with Gasteiger partial charge in [-0.05, 0) is 25.1 Å². The average Bonchev–Trinajstić information content (AvgIpc) is 3.27. The van der Waals surface area contributed by atoms with Crippen molar-refractivity contribution in [1.29, 1.82) is 0 Å². The molecule has 0 aliphatic carbocycles. The molecular formula is C23H20ClF3N2O6. The summed E-state index contributed by atoms with van der Waals surface area (Å²) in [5, 5.41) is 5.19. The molecule has 0 saturated carbocycles. The van der Waals surface area contributed by atoms with Crippen molar-refractivity contribution in [3.63, 3.8) is 0 Å². The third-order valence-corrected chi connectivity index (χ3v) is 5.72. The van der Waals surface area contributed by atoms with E-state index in [1.54, 1.807) is 6.92 Å². The van der Waals surface area contributed by atoms with Gasteiger partial charge in [0.15, 0.2) is 18.1 Å². The zero-order valence-corrected chi connectivity index (χ0v) is 19.1. The molecule has 35 heavy (non-hydrogen) atoms. The molecule has 4 rings (SSSR count). The number of hydrogen-bond acceptors (Lipinski definition) is 6. The zero-order valence-electron chi connectivity index (χ0n) is 18.4. The topological polar surface area (TPSA) is 95.1 Å². The number of carbonyl (C=O) groups excluding carboxylic acids is 2. The van der Waals surface area contributed by atoms with Gasteiger partial charge in [0.1, 0.15) is 29.3 Å². The van der Waals surface area contributed by atoms with Crippen LogP contribution >= 0.6 is 11.6 Å². The maximum Gasteiger partial charge on any atom is 0.586 e. The van der Waals surface area contributed by atoms with Crippen LogP contribution in [0.3, 0.4) is 0 Å². The molecule has 0 radical (unpaired) electrons. The van der Waals surface area contributed by atoms with E-state index in [2.05, 4.69) is 26.7 Å². The van der Waals surface area contributed by atoms with Gasteiger partial charge in [-0.3, -0.25) is 9.59 Å². The number of alkyl halides is 2. The number of nitrogens with one attached hydrogen (secondary N) is 2. The fourth-order valence-electron chi connectivity index (χ4n) is 3.50. The van der Waals surface area contributed by atoms with Gasteiger partial charge in [-0.2, -0.15) is 0 Å². The van der Waals surface area contributed by atoms with E-state index in [1.807, 2.05) is 0 Å². The van der Waals surface area contributed by atoms with Crippen molar-refractivity contribution in [2.45, 2.75) is 25.1 Å². The van der Waals surface area contributed by atoms with Crippen LogP contribution in [0.4, 0.5) is 13.2 Å². The summed E-state index contributed by atoms with van der Waals surface area (Å²) in [6, 6.07) is 6.37. The molecule has 0 saturated heterocycles. The summed E-state index contributed by atoms with van der Waals surface area (Å²) in [4.78, 5) is 24.9. The lowest BCUT2D eigenvalue weighted by Crippen LogP contribution is -2.43. The van der Waals surface area contributed by atoms with Gasteiger partial charge in [0.2, 0.25) is 5.91 Å². The number of amides is 2. The summed E-state index contributed by atoms with van der Waals surface area (Å²) in [5.74, 6) is -1.57. The Bertz CT molecular complexity index is 1210. The second-order valence-corrected chi connectivity index (χ2v) is 8.51. The highest BCUT2D eigenvalue weighted by molar-refractivity contribution is 6.30. The molecule has 2 aliphatic rings. The van der Waals surface area contributed by atoms with Crippen molar-refractivity contribution < 1.29 is 41.7 Å². The number of fused-ring (bicyclic) bond motifs is 2. The van der Waals surface area contributed by atoms with Crippen LogP contribution < -0.4 is 29.6 Å². The Hall–Kier alpha value is -3.60. The summed E-state index contributed by atoms with van der Waals surface area (Å²) in [6.07, 6.45) is -3.57. The van der Waals surface area contributed by atoms with Gasteiger partial charge in [0, 0.05) is 36.4 Å². The molecule has 186 valence electrons. The zero-order chi connectivity index (χ0) is 25.4. The largest absolute Gasteiger partial charge is 0.586 e. The van der Waals surface area contributed by atoms with E-state index in [0.717, 1.165) is 6.07 Å². The Labute approximate surface area is 202 Å². The van der Waals surface area contributed by atoms with Crippen LogP contribution in [0.2, 0.25) is 5.02 Å². The average molecular weight is 513 g/mol. The van der Waals surface area contributed by atoms with Gasteiger partial charge >= 0.3 is 6.29 Å². The van der Waals surface area contributed by atoms with Gasteiger partial charge in [0.25, 0.3) is 5.91 Å². The van der Waals surface area contributed by atoms with Crippen LogP contribution in [0.5, 0.6) is 23.0 Å². The predicted octanol–water partition coefficient (Wildman–Crippen LogP) is 3.67. The predicted molar refractivity (Wildman–Crippen MR) is 117 cm³/mol. The Kier molecular flexibility index (Phi) is 6.46. The maximum absolute atomic E-state index is 13.4. The molecule has 0 aromatic heterocycles. The minimum absolute atomic E-state index is 0.0277. The normalized spacial score (nSPS) is 18.9. The summed E-state index contributed by atoms with van der Waals surface area (Å²) >= 11 is 5.59. The van der Waals surface area contributed by atoms with Gasteiger partial charge in [0.05, 0.1) is 5.02 Å². The van der Waals surface area contributed by atoms with Crippen LogP contribution in [0.1, 0.15) is 18.9 Å². The summed E-state index contributed by atoms with van der Waals surface area (Å²) in [6.45, 7) is 5.16. The first-order valence-corrected chi connectivity index (χ1v) is 10.8. The number of ether oxygens (including phenoxy) is 4. The lowest BCUT2D eigenvalue weighted by molar-refractivity contribution is -0.286. The summed E-state index contributed by atoms with van der Waals surface area (Å²) in [5.41, 5.74) is -0.510. The second-order valence-electron chi connectivity index (χ2n) is 8.11. The van der Waals surface area contributed by atoms with E-state index in [1.165, 1.54) is 24.3 Å². The molecule has 0 spiro atoms. The molecule has 2 amide bonds. The number of benzene rings is 2. The van der Waals surface area contributed by atoms with Crippen LogP contribution in [-0.4, -0.2) is 37.9 Å². The quantitative estimate of drug-likeness (QED) is 0.560. The van der Waals surface area contributed by atoms with Gasteiger partial charge in [-0.1, -0.05) is 18.2 Å². The minimum Gasteiger partial charge on any atom is -0.492 e. The number of carbonyl (C=O) groups is 2. The first-order chi connectivity index (χ1) is 16.5. The summed E-state index contributed by atoms with van der Waals surface area (Å²) < 4.78 is 59.7. The van der Waals surface area contributed by atoms with Crippen LogP contribution in [-0.2, 0) is 15.0 Å². The molecule has 0 fully saturated rings. The highest BCUT2D eigenvalue weighted by Crippen LogP contribution is 2.49. The van der Waals surface area contributed by atoms with E-state index in [9.17, 15) is 22.8 Å². The van der Waals surface area contributed by atoms with Crippen LogP contribution in [0.15, 0.2) is 42.6 Å². The molecule has 1 atom stereocenters. The van der Waals surface area contributed by atoms with E-state index in [-0.39, 0.29) is 54.2 Å². The fraction of sp³-hybridized carbons (Fsp3) is 0.304. The molecule has 8 nitrogen and oxygen atoms in total. The lowest BCUT2D eigenvalue weighted by Gasteiger charge is -2.22. The first kappa shape index (κ1) is 24.5. The Balaban J connectivity index is 1.26. The van der Waals surface area contributed by atoms with Crippen molar-refractivity contribution in [1.82, 2.24) is 10.6 Å². The molecule has 2 aliphatic heterocycles. The molecule has 2 N–H and O–H groups in total. The van der Waals surface area contributed by atoms with Crippen molar-refractivity contribution >= 4 is 23.4 Å². The van der Waals surface area contributed by atoms with Crippen molar-refractivity contribution in [3.8, 4) is 23.0 Å². The van der Waals surface area contributed by atoms with Crippen molar-refractivity contribution in [2.24, 2.45) is 0 Å². The highest BCUT2D eigenvalue weighted by Gasteiger charge is 2.48. The van der Waals surface area contributed by atoms with Gasteiger partial charge in [-0.15, -0.1) is 8.78 Å². The number of halogens is 4. The minimum atomic E-state index is -3.79. The third kappa shape index (κ3) is 5.24. The van der Waals surface area contributed by atoms with Gasteiger partial charge < -0.3 is 29.6 Å². The maximum atomic E-state index is 13.4. The standard InChI is InChI=1S/C23H20ClF3N2O6/c1-12(5-6-28-20(30)10-32-13-3-4-15(24)16(25)7-13)29-21(31)22(2)11-33-17-9-19-18(8-14(17)22)34-23(26,27)35-19/h3-4,7-9H,1,5-6,10-11H2,2H3,(H,28,30)(H,29,31)/t22-/m1/s1. The molecule has 12 heteroatoms. The fourth-order valence-corrected chi connectivity index (χ4v) is 3.61. The number of rotatable bonds is 8. The smallest absolute Gasteiger partial charge is 0.492 e. The van der Waals surface area contributed by atoms with Crippen molar-refractivity contribution in [3.05, 3.63) is 59.0 Å². The second kappa shape index (κ2) is 9.21. The molecule has 0 bridgehead atoms. The van der Waals surface area contributed by atoms with Crippen molar-refractivity contribution in [2.75, 3.05) is 19.8 Å². The van der Waals surface area contributed by atoms with Crippen LogP contribution in [0, 0.1) is 5.82 Å². The Morgan fingerprint density at radius 1 is 1.17 bits per heavy atom. The lowest BCUT2D eigenvalue weighted by atomic mass is 9.83. The van der Waals surface area contributed by atoms with Crippen LogP contribution in [0.25, 0.3) is 0 Å². The molecule has 2 aromatic carbocycles. The van der Waals surface area contributed by atoms with E-state index >= 15 is 0 Å².